The number of anilines is 2. The van der Waals surface area contributed by atoms with Gasteiger partial charge in [-0.25, -0.2) is 13.2 Å². The number of nitrogens with zero attached hydrogens (tertiary/aromatic N) is 1. The molecule has 0 aliphatic carbocycles. The number of pyridine rings is 1. The van der Waals surface area contributed by atoms with Crippen molar-refractivity contribution >= 4 is 17.3 Å². The number of benzene rings is 1. The summed E-state index contributed by atoms with van der Waals surface area (Å²) < 4.78 is 40.8. The van der Waals surface area contributed by atoms with Gasteiger partial charge in [0.05, 0.1) is 11.9 Å². The lowest BCUT2D eigenvalue weighted by atomic mass is 10.1. The summed E-state index contributed by atoms with van der Waals surface area (Å²) >= 11 is 0. The van der Waals surface area contributed by atoms with Gasteiger partial charge in [0.15, 0.2) is 5.82 Å². The summed E-state index contributed by atoms with van der Waals surface area (Å²) in [7, 11) is 0. The largest absolute Gasteiger partial charge is 0.381 e. The standard InChI is InChI=1S/C14H12F3N3O/c1-2-19-13-9(15)5-8(6-10(13)16)14(21)20-12-3-4-18-7-11(12)17/h3-7,19H,2H2,1H3,(H,18,20,21). The molecule has 0 fully saturated rings. The molecule has 2 aromatic rings. The molecule has 0 radical (unpaired) electrons. The highest BCUT2D eigenvalue weighted by Crippen LogP contribution is 2.21. The number of hydrogen-bond acceptors (Lipinski definition) is 3. The van der Waals surface area contributed by atoms with E-state index >= 15 is 0 Å². The van der Waals surface area contributed by atoms with Gasteiger partial charge >= 0.3 is 0 Å². The average Bonchev–Trinajstić information content (AvgIpc) is 2.45. The van der Waals surface area contributed by atoms with Crippen LogP contribution >= 0.6 is 0 Å². The normalized spacial score (nSPS) is 10.3. The first-order valence-corrected chi connectivity index (χ1v) is 6.16. The summed E-state index contributed by atoms with van der Waals surface area (Å²) in [6.07, 6.45) is 2.21. The van der Waals surface area contributed by atoms with Gasteiger partial charge in [0, 0.05) is 18.3 Å². The lowest BCUT2D eigenvalue weighted by Gasteiger charge is -2.10. The van der Waals surface area contributed by atoms with E-state index in [1.165, 1.54) is 12.3 Å². The van der Waals surface area contributed by atoms with Crippen LogP contribution < -0.4 is 10.6 Å². The molecule has 2 N–H and O–H groups in total. The van der Waals surface area contributed by atoms with Gasteiger partial charge in [0.2, 0.25) is 0 Å². The van der Waals surface area contributed by atoms with E-state index in [2.05, 4.69) is 15.6 Å². The summed E-state index contributed by atoms with van der Waals surface area (Å²) in [5, 5.41) is 4.74. The quantitative estimate of drug-likeness (QED) is 0.911. The minimum Gasteiger partial charge on any atom is -0.381 e. The number of hydrogen-bond donors (Lipinski definition) is 2. The molecule has 7 heteroatoms. The molecule has 110 valence electrons. The van der Waals surface area contributed by atoms with Crippen LogP contribution in [0.1, 0.15) is 17.3 Å². The number of carbonyl (C=O) groups excluding carboxylic acids is 1. The molecule has 4 nitrogen and oxygen atoms in total. The average molecular weight is 295 g/mol. The third-order valence-corrected chi connectivity index (χ3v) is 2.68. The second kappa shape index (κ2) is 6.25. The van der Waals surface area contributed by atoms with Crippen LogP contribution in [0.15, 0.2) is 30.6 Å². The molecule has 0 atom stereocenters. The van der Waals surface area contributed by atoms with Gasteiger partial charge < -0.3 is 10.6 Å². The number of amides is 1. The second-order valence-corrected chi connectivity index (χ2v) is 4.15. The zero-order chi connectivity index (χ0) is 15.4. The summed E-state index contributed by atoms with van der Waals surface area (Å²) in [5.74, 6) is -3.34. The summed E-state index contributed by atoms with van der Waals surface area (Å²) in [6, 6.07) is 3.01. The van der Waals surface area contributed by atoms with E-state index in [1.807, 2.05) is 0 Å². The minimum atomic E-state index is -0.891. The Balaban J connectivity index is 2.26. The van der Waals surface area contributed by atoms with E-state index in [9.17, 15) is 18.0 Å². The Morgan fingerprint density at radius 3 is 2.43 bits per heavy atom. The molecule has 0 spiro atoms. The Hall–Kier alpha value is -2.57. The molecule has 1 amide bonds. The Kier molecular flexibility index (Phi) is 4.42. The maximum Gasteiger partial charge on any atom is 0.255 e. The van der Waals surface area contributed by atoms with Crippen LogP contribution in [0.2, 0.25) is 0 Å². The van der Waals surface area contributed by atoms with Crippen LogP contribution in [0.5, 0.6) is 0 Å². The molecule has 0 saturated carbocycles. The Bertz CT molecular complexity index is 653. The van der Waals surface area contributed by atoms with Gasteiger partial charge in [0.1, 0.15) is 17.3 Å². The molecule has 1 aromatic carbocycles. The molecule has 1 heterocycles. The first-order valence-electron chi connectivity index (χ1n) is 6.16. The topological polar surface area (TPSA) is 54.0 Å². The fourth-order valence-electron chi connectivity index (χ4n) is 1.72. The monoisotopic (exact) mass is 295 g/mol. The fourth-order valence-corrected chi connectivity index (χ4v) is 1.72. The highest BCUT2D eigenvalue weighted by atomic mass is 19.1. The first-order chi connectivity index (χ1) is 10.0. The third kappa shape index (κ3) is 3.31. The van der Waals surface area contributed by atoms with Crippen LogP contribution in [0.25, 0.3) is 0 Å². The van der Waals surface area contributed by atoms with Crippen molar-refractivity contribution in [2.45, 2.75) is 6.92 Å². The molecule has 2 rings (SSSR count). The maximum atomic E-state index is 13.7. The number of rotatable bonds is 4. The first kappa shape index (κ1) is 14.8. The Morgan fingerprint density at radius 1 is 1.19 bits per heavy atom. The second-order valence-electron chi connectivity index (χ2n) is 4.15. The SMILES string of the molecule is CCNc1c(F)cc(C(=O)Nc2ccncc2F)cc1F. The van der Waals surface area contributed by atoms with Gasteiger partial charge in [-0.05, 0) is 25.1 Å². The Labute approximate surface area is 119 Å². The summed E-state index contributed by atoms with van der Waals surface area (Å²) in [6.45, 7) is 2.02. The molecular weight excluding hydrogens is 283 g/mol. The van der Waals surface area contributed by atoms with Crippen molar-refractivity contribution in [1.82, 2.24) is 4.98 Å². The molecule has 1 aromatic heterocycles. The van der Waals surface area contributed by atoms with Crippen LogP contribution in [0, 0.1) is 17.5 Å². The van der Waals surface area contributed by atoms with E-state index in [1.54, 1.807) is 6.92 Å². The zero-order valence-electron chi connectivity index (χ0n) is 11.1. The molecule has 21 heavy (non-hydrogen) atoms. The predicted molar refractivity (Wildman–Crippen MR) is 72.7 cm³/mol. The molecule has 0 saturated heterocycles. The van der Waals surface area contributed by atoms with Crippen LogP contribution in [0.3, 0.4) is 0 Å². The van der Waals surface area contributed by atoms with Crippen molar-refractivity contribution in [1.29, 1.82) is 0 Å². The van der Waals surface area contributed by atoms with Gasteiger partial charge in [0.25, 0.3) is 5.91 Å². The summed E-state index contributed by atoms with van der Waals surface area (Å²) in [5.41, 5.74) is -0.668. The van der Waals surface area contributed by atoms with Crippen LogP contribution in [-0.2, 0) is 0 Å². The van der Waals surface area contributed by atoms with E-state index in [-0.39, 0.29) is 16.9 Å². The highest BCUT2D eigenvalue weighted by molar-refractivity contribution is 6.04. The van der Waals surface area contributed by atoms with E-state index in [0.29, 0.717) is 6.54 Å². The van der Waals surface area contributed by atoms with Crippen molar-refractivity contribution < 1.29 is 18.0 Å². The lowest BCUT2D eigenvalue weighted by Crippen LogP contribution is -2.14. The van der Waals surface area contributed by atoms with Crippen LogP contribution in [-0.4, -0.2) is 17.4 Å². The summed E-state index contributed by atoms with van der Waals surface area (Å²) in [4.78, 5) is 15.4. The van der Waals surface area contributed by atoms with E-state index < -0.39 is 23.4 Å². The number of nitrogens with one attached hydrogen (secondary N) is 2. The Morgan fingerprint density at radius 2 is 1.86 bits per heavy atom. The lowest BCUT2D eigenvalue weighted by molar-refractivity contribution is 0.102. The number of aromatic nitrogens is 1. The van der Waals surface area contributed by atoms with Crippen molar-refractivity contribution in [2.75, 3.05) is 17.2 Å². The van der Waals surface area contributed by atoms with Gasteiger partial charge in [-0.3, -0.25) is 9.78 Å². The highest BCUT2D eigenvalue weighted by Gasteiger charge is 2.16. The van der Waals surface area contributed by atoms with Crippen molar-refractivity contribution in [3.63, 3.8) is 0 Å². The van der Waals surface area contributed by atoms with Crippen LogP contribution in [0.4, 0.5) is 24.5 Å². The van der Waals surface area contributed by atoms with Crippen molar-refractivity contribution in [3.05, 3.63) is 53.6 Å². The molecule has 0 aliphatic heterocycles. The number of halogens is 3. The predicted octanol–water partition coefficient (Wildman–Crippen LogP) is 3.18. The van der Waals surface area contributed by atoms with Gasteiger partial charge in [-0.1, -0.05) is 0 Å². The van der Waals surface area contributed by atoms with E-state index in [0.717, 1.165) is 18.3 Å². The molecule has 0 aliphatic rings. The number of carbonyl (C=O) groups is 1. The van der Waals surface area contributed by atoms with E-state index in [4.69, 9.17) is 0 Å². The fraction of sp³-hybridized carbons (Fsp3) is 0.143. The van der Waals surface area contributed by atoms with Crippen molar-refractivity contribution in [2.24, 2.45) is 0 Å². The van der Waals surface area contributed by atoms with Crippen molar-refractivity contribution in [3.8, 4) is 0 Å². The minimum absolute atomic E-state index is 0.119. The van der Waals surface area contributed by atoms with Gasteiger partial charge in [-0.15, -0.1) is 0 Å². The third-order valence-electron chi connectivity index (χ3n) is 2.68. The molecular formula is C14H12F3N3O. The smallest absolute Gasteiger partial charge is 0.255 e. The maximum absolute atomic E-state index is 13.7. The zero-order valence-corrected chi connectivity index (χ0v) is 11.1. The van der Waals surface area contributed by atoms with Gasteiger partial charge in [-0.2, -0.15) is 0 Å². The molecule has 0 unspecified atom stereocenters. The molecule has 0 bridgehead atoms.